The largest absolute Gasteiger partial charge is 0.475 e. The summed E-state index contributed by atoms with van der Waals surface area (Å²) in [6, 6.07) is 2.09. The van der Waals surface area contributed by atoms with E-state index >= 15 is 0 Å². The van der Waals surface area contributed by atoms with Crippen LogP contribution in [-0.2, 0) is 6.54 Å². The standard InChI is InChI=1S/C13H22N2O3/c1-5-15(10(2)8-14(3)4)9-11-6-7-18-12(11)13(16)17/h6-7,10H,5,8-9H2,1-4H3,(H,16,17). The number of hydrogen-bond acceptors (Lipinski definition) is 4. The van der Waals surface area contributed by atoms with E-state index in [-0.39, 0.29) is 5.76 Å². The van der Waals surface area contributed by atoms with Gasteiger partial charge < -0.3 is 14.4 Å². The van der Waals surface area contributed by atoms with E-state index in [1.807, 2.05) is 14.1 Å². The molecule has 0 aliphatic rings. The van der Waals surface area contributed by atoms with Crippen molar-refractivity contribution in [1.29, 1.82) is 0 Å². The summed E-state index contributed by atoms with van der Waals surface area (Å²) >= 11 is 0. The molecule has 5 nitrogen and oxygen atoms in total. The summed E-state index contributed by atoms with van der Waals surface area (Å²) in [6.45, 7) is 6.63. The van der Waals surface area contributed by atoms with E-state index in [2.05, 4.69) is 23.6 Å². The van der Waals surface area contributed by atoms with Crippen LogP contribution in [0.5, 0.6) is 0 Å². The molecule has 0 bridgehead atoms. The fraction of sp³-hybridized carbons (Fsp3) is 0.615. The van der Waals surface area contributed by atoms with E-state index in [0.717, 1.165) is 18.7 Å². The van der Waals surface area contributed by atoms with Crippen molar-refractivity contribution < 1.29 is 14.3 Å². The number of likely N-dealkylation sites (N-methyl/N-ethyl adjacent to an activating group) is 2. The Balaban J connectivity index is 2.73. The Bertz CT molecular complexity index is 387. The van der Waals surface area contributed by atoms with Gasteiger partial charge in [-0.3, -0.25) is 4.90 Å². The first kappa shape index (κ1) is 14.7. The maximum atomic E-state index is 11.0. The molecule has 0 aliphatic carbocycles. The molecule has 1 aromatic rings. The zero-order valence-electron chi connectivity index (χ0n) is 11.5. The van der Waals surface area contributed by atoms with Gasteiger partial charge in [0.15, 0.2) is 0 Å². The van der Waals surface area contributed by atoms with E-state index in [1.165, 1.54) is 6.26 Å². The summed E-state index contributed by atoms with van der Waals surface area (Å²) in [7, 11) is 4.07. The van der Waals surface area contributed by atoms with Gasteiger partial charge in [0, 0.05) is 24.7 Å². The Kier molecular flexibility index (Phi) is 5.37. The van der Waals surface area contributed by atoms with Crippen LogP contribution in [0.1, 0.15) is 30.0 Å². The molecule has 0 fully saturated rings. The Morgan fingerprint density at radius 1 is 1.50 bits per heavy atom. The fourth-order valence-electron chi connectivity index (χ4n) is 2.09. The SMILES string of the molecule is CCN(Cc1ccoc1C(=O)O)C(C)CN(C)C. The van der Waals surface area contributed by atoms with Crippen LogP contribution in [0.4, 0.5) is 0 Å². The molecule has 18 heavy (non-hydrogen) atoms. The summed E-state index contributed by atoms with van der Waals surface area (Å²) in [6.07, 6.45) is 1.43. The lowest BCUT2D eigenvalue weighted by molar-refractivity contribution is 0.0657. The number of carbonyl (C=O) groups is 1. The molecule has 0 amide bonds. The van der Waals surface area contributed by atoms with Gasteiger partial charge in [-0.2, -0.15) is 0 Å². The monoisotopic (exact) mass is 254 g/mol. The zero-order chi connectivity index (χ0) is 13.7. The minimum absolute atomic E-state index is 0.0468. The molecule has 0 saturated carbocycles. The highest BCUT2D eigenvalue weighted by atomic mass is 16.4. The summed E-state index contributed by atoms with van der Waals surface area (Å²) in [4.78, 5) is 15.3. The molecule has 1 N–H and O–H groups in total. The van der Waals surface area contributed by atoms with Crippen LogP contribution in [-0.4, -0.2) is 54.1 Å². The summed E-state index contributed by atoms with van der Waals surface area (Å²) in [5, 5.41) is 9.00. The first-order chi connectivity index (χ1) is 8.45. The molecular formula is C13H22N2O3. The minimum atomic E-state index is -1.01. The third-order valence-corrected chi connectivity index (χ3v) is 2.97. The molecule has 0 radical (unpaired) electrons. The van der Waals surface area contributed by atoms with E-state index < -0.39 is 5.97 Å². The van der Waals surface area contributed by atoms with Gasteiger partial charge in [-0.1, -0.05) is 6.92 Å². The quantitative estimate of drug-likeness (QED) is 0.803. The molecule has 5 heteroatoms. The third kappa shape index (κ3) is 3.85. The molecule has 1 unspecified atom stereocenters. The van der Waals surface area contributed by atoms with Gasteiger partial charge in [-0.05, 0) is 33.6 Å². The third-order valence-electron chi connectivity index (χ3n) is 2.97. The molecule has 1 aromatic heterocycles. The van der Waals surface area contributed by atoms with Gasteiger partial charge >= 0.3 is 5.97 Å². The first-order valence-corrected chi connectivity index (χ1v) is 6.14. The number of nitrogens with zero attached hydrogens (tertiary/aromatic N) is 2. The predicted molar refractivity (Wildman–Crippen MR) is 69.8 cm³/mol. The molecule has 102 valence electrons. The van der Waals surface area contributed by atoms with Crippen LogP contribution < -0.4 is 0 Å². The van der Waals surface area contributed by atoms with Crippen LogP contribution in [0.3, 0.4) is 0 Å². The van der Waals surface area contributed by atoms with Crippen molar-refractivity contribution >= 4 is 5.97 Å². The summed E-state index contributed by atoms with van der Waals surface area (Å²) < 4.78 is 5.00. The number of hydrogen-bond donors (Lipinski definition) is 1. The van der Waals surface area contributed by atoms with Crippen molar-refractivity contribution in [2.75, 3.05) is 27.2 Å². The van der Waals surface area contributed by atoms with Gasteiger partial charge in [0.2, 0.25) is 5.76 Å². The summed E-state index contributed by atoms with van der Waals surface area (Å²) in [5.74, 6) is -0.961. The number of rotatable bonds is 7. The molecule has 1 heterocycles. The number of carboxylic acid groups (broad SMARTS) is 1. The average molecular weight is 254 g/mol. The second-order valence-electron chi connectivity index (χ2n) is 4.75. The minimum Gasteiger partial charge on any atom is -0.475 e. The van der Waals surface area contributed by atoms with Gasteiger partial charge in [0.05, 0.1) is 6.26 Å². The van der Waals surface area contributed by atoms with Gasteiger partial charge in [0.25, 0.3) is 0 Å². The van der Waals surface area contributed by atoms with Crippen molar-refractivity contribution in [3.05, 3.63) is 23.7 Å². The van der Waals surface area contributed by atoms with Crippen LogP contribution in [0.25, 0.3) is 0 Å². The lowest BCUT2D eigenvalue weighted by Crippen LogP contribution is -2.39. The van der Waals surface area contributed by atoms with E-state index in [1.54, 1.807) is 6.07 Å². The number of furan rings is 1. The van der Waals surface area contributed by atoms with E-state index in [0.29, 0.717) is 12.6 Å². The Labute approximate surface area is 108 Å². The second kappa shape index (κ2) is 6.56. The van der Waals surface area contributed by atoms with Crippen LogP contribution in [0, 0.1) is 0 Å². The maximum absolute atomic E-state index is 11.0. The Morgan fingerprint density at radius 2 is 2.17 bits per heavy atom. The molecular weight excluding hydrogens is 232 g/mol. The first-order valence-electron chi connectivity index (χ1n) is 6.14. The smallest absolute Gasteiger partial charge is 0.372 e. The van der Waals surface area contributed by atoms with Gasteiger partial charge in [-0.25, -0.2) is 4.79 Å². The molecule has 0 aliphatic heterocycles. The Hall–Kier alpha value is -1.33. The fourth-order valence-corrected chi connectivity index (χ4v) is 2.09. The second-order valence-corrected chi connectivity index (χ2v) is 4.75. The molecule has 0 aromatic carbocycles. The number of aromatic carboxylic acids is 1. The van der Waals surface area contributed by atoms with Gasteiger partial charge in [-0.15, -0.1) is 0 Å². The van der Waals surface area contributed by atoms with Crippen LogP contribution in [0.15, 0.2) is 16.7 Å². The Morgan fingerprint density at radius 3 is 2.67 bits per heavy atom. The van der Waals surface area contributed by atoms with E-state index in [4.69, 9.17) is 9.52 Å². The molecule has 1 rings (SSSR count). The lowest BCUT2D eigenvalue weighted by Gasteiger charge is -2.29. The van der Waals surface area contributed by atoms with Crippen molar-refractivity contribution in [2.45, 2.75) is 26.4 Å². The lowest BCUT2D eigenvalue weighted by atomic mass is 10.2. The normalized spacial score (nSPS) is 13.2. The molecule has 1 atom stereocenters. The zero-order valence-corrected chi connectivity index (χ0v) is 11.5. The highest BCUT2D eigenvalue weighted by Crippen LogP contribution is 2.15. The maximum Gasteiger partial charge on any atom is 0.372 e. The van der Waals surface area contributed by atoms with Crippen LogP contribution >= 0.6 is 0 Å². The molecule has 0 spiro atoms. The van der Waals surface area contributed by atoms with Crippen molar-refractivity contribution in [3.8, 4) is 0 Å². The highest BCUT2D eigenvalue weighted by molar-refractivity contribution is 5.86. The van der Waals surface area contributed by atoms with Crippen molar-refractivity contribution in [1.82, 2.24) is 9.80 Å². The van der Waals surface area contributed by atoms with Crippen molar-refractivity contribution in [3.63, 3.8) is 0 Å². The van der Waals surface area contributed by atoms with Crippen LogP contribution in [0.2, 0.25) is 0 Å². The average Bonchev–Trinajstić information content (AvgIpc) is 2.72. The predicted octanol–water partition coefficient (Wildman–Crippen LogP) is 1.75. The number of carboxylic acids is 1. The summed E-state index contributed by atoms with van der Waals surface area (Å²) in [5.41, 5.74) is 0.731. The highest BCUT2D eigenvalue weighted by Gasteiger charge is 2.19. The topological polar surface area (TPSA) is 56.9 Å². The van der Waals surface area contributed by atoms with Gasteiger partial charge in [0.1, 0.15) is 0 Å². The molecule has 0 saturated heterocycles. The van der Waals surface area contributed by atoms with Crippen molar-refractivity contribution in [2.24, 2.45) is 0 Å². The van der Waals surface area contributed by atoms with E-state index in [9.17, 15) is 4.79 Å².